The first kappa shape index (κ1) is 18.6. The number of aryl methyl sites for hydroxylation is 2. The number of ether oxygens (including phenoxy) is 1. The lowest BCUT2D eigenvalue weighted by molar-refractivity contribution is -0.119. The van der Waals surface area contributed by atoms with Crippen molar-refractivity contribution in [2.24, 2.45) is 0 Å². The highest BCUT2D eigenvalue weighted by atomic mass is 16.5. The number of amides is 2. The molecule has 0 heterocycles. The number of nitrogens with one attached hydrogen (secondary N) is 2. The highest BCUT2D eigenvalue weighted by molar-refractivity contribution is 5.98. The fourth-order valence-electron chi connectivity index (χ4n) is 2.74. The smallest absolute Gasteiger partial charge is 0.338 e. The Hall–Kier alpha value is -3.15. The molecule has 0 spiro atoms. The van der Waals surface area contributed by atoms with Crippen LogP contribution >= 0.6 is 0 Å². The first-order valence-electron chi connectivity index (χ1n) is 8.87. The van der Waals surface area contributed by atoms with Crippen LogP contribution in [0.4, 0.5) is 5.69 Å². The number of carbonyl (C=O) groups excluding carboxylic acids is 3. The Morgan fingerprint density at radius 1 is 1.00 bits per heavy atom. The van der Waals surface area contributed by atoms with Crippen LogP contribution in [-0.2, 0) is 9.53 Å². The average Bonchev–Trinajstić information content (AvgIpc) is 3.43. The molecule has 27 heavy (non-hydrogen) atoms. The second-order valence-corrected chi connectivity index (χ2v) is 6.83. The van der Waals surface area contributed by atoms with Crippen molar-refractivity contribution >= 4 is 23.5 Å². The number of carbonyl (C=O) groups is 3. The minimum atomic E-state index is -0.547. The van der Waals surface area contributed by atoms with Crippen LogP contribution in [0.25, 0.3) is 0 Å². The van der Waals surface area contributed by atoms with Crippen LogP contribution in [0.3, 0.4) is 0 Å². The van der Waals surface area contributed by atoms with Crippen molar-refractivity contribution in [1.82, 2.24) is 5.32 Å². The quantitative estimate of drug-likeness (QED) is 0.770. The summed E-state index contributed by atoms with van der Waals surface area (Å²) in [6.07, 6.45) is 2.02. The third-order valence-electron chi connectivity index (χ3n) is 4.11. The van der Waals surface area contributed by atoms with Gasteiger partial charge in [0.05, 0.1) is 5.56 Å². The van der Waals surface area contributed by atoms with E-state index in [1.807, 2.05) is 19.9 Å². The first-order chi connectivity index (χ1) is 12.9. The third-order valence-corrected chi connectivity index (χ3v) is 4.11. The van der Waals surface area contributed by atoms with Crippen molar-refractivity contribution in [3.8, 4) is 0 Å². The van der Waals surface area contributed by atoms with Gasteiger partial charge in [-0.2, -0.15) is 0 Å². The highest BCUT2D eigenvalue weighted by Crippen LogP contribution is 2.20. The van der Waals surface area contributed by atoms with Gasteiger partial charge in [-0.15, -0.1) is 0 Å². The van der Waals surface area contributed by atoms with Crippen LogP contribution in [0.5, 0.6) is 0 Å². The van der Waals surface area contributed by atoms with Gasteiger partial charge in [0, 0.05) is 17.3 Å². The molecule has 0 saturated heterocycles. The average molecular weight is 366 g/mol. The van der Waals surface area contributed by atoms with E-state index in [2.05, 4.69) is 10.6 Å². The molecule has 6 heteroatoms. The minimum absolute atomic E-state index is 0.158. The van der Waals surface area contributed by atoms with Crippen LogP contribution in [0.15, 0.2) is 42.5 Å². The Labute approximate surface area is 157 Å². The zero-order chi connectivity index (χ0) is 19.4. The molecule has 2 aromatic carbocycles. The number of hydrogen-bond acceptors (Lipinski definition) is 4. The van der Waals surface area contributed by atoms with Crippen molar-refractivity contribution in [2.45, 2.75) is 32.7 Å². The maximum atomic E-state index is 12.1. The van der Waals surface area contributed by atoms with Gasteiger partial charge in [0.2, 0.25) is 0 Å². The highest BCUT2D eigenvalue weighted by Gasteiger charge is 2.23. The summed E-state index contributed by atoms with van der Waals surface area (Å²) in [5.41, 5.74) is 3.28. The molecule has 1 aliphatic rings. The minimum Gasteiger partial charge on any atom is -0.452 e. The van der Waals surface area contributed by atoms with E-state index in [1.54, 1.807) is 36.4 Å². The summed E-state index contributed by atoms with van der Waals surface area (Å²) in [6, 6.07) is 12.3. The maximum Gasteiger partial charge on any atom is 0.338 e. The van der Waals surface area contributed by atoms with E-state index in [4.69, 9.17) is 4.74 Å². The summed E-state index contributed by atoms with van der Waals surface area (Å²) in [5.74, 6) is -1.17. The molecule has 1 fully saturated rings. The Morgan fingerprint density at radius 3 is 2.37 bits per heavy atom. The standard InChI is InChI=1S/C21H22N2O4/c1-13-8-14(2)10-16(9-13)21(26)27-12-19(24)22-18-5-3-4-15(11-18)20(25)23-17-6-7-17/h3-5,8-11,17H,6-7,12H2,1-2H3,(H,22,24)(H,23,25). The van der Waals surface area contributed by atoms with Gasteiger partial charge in [0.1, 0.15) is 0 Å². The fourth-order valence-corrected chi connectivity index (χ4v) is 2.74. The van der Waals surface area contributed by atoms with E-state index in [1.165, 1.54) is 0 Å². The Kier molecular flexibility index (Phi) is 5.54. The van der Waals surface area contributed by atoms with E-state index < -0.39 is 18.5 Å². The van der Waals surface area contributed by atoms with Gasteiger partial charge in [-0.3, -0.25) is 9.59 Å². The molecule has 1 aliphatic carbocycles. The van der Waals surface area contributed by atoms with E-state index >= 15 is 0 Å². The van der Waals surface area contributed by atoms with Crippen molar-refractivity contribution < 1.29 is 19.1 Å². The van der Waals surface area contributed by atoms with Crippen LogP contribution in [-0.4, -0.2) is 30.4 Å². The Morgan fingerprint density at radius 2 is 1.70 bits per heavy atom. The summed E-state index contributed by atoms with van der Waals surface area (Å²) >= 11 is 0. The van der Waals surface area contributed by atoms with Gasteiger partial charge in [-0.25, -0.2) is 4.79 Å². The molecule has 0 radical (unpaired) electrons. The zero-order valence-electron chi connectivity index (χ0n) is 15.4. The van der Waals surface area contributed by atoms with Gasteiger partial charge in [0.25, 0.3) is 11.8 Å². The van der Waals surface area contributed by atoms with Crippen LogP contribution in [0.1, 0.15) is 44.7 Å². The van der Waals surface area contributed by atoms with E-state index in [9.17, 15) is 14.4 Å². The molecule has 0 atom stereocenters. The molecule has 140 valence electrons. The first-order valence-corrected chi connectivity index (χ1v) is 8.87. The predicted octanol–water partition coefficient (Wildman–Crippen LogP) is 2.99. The van der Waals surface area contributed by atoms with Crippen LogP contribution in [0, 0.1) is 13.8 Å². The molecule has 2 aromatic rings. The van der Waals surface area contributed by atoms with Crippen molar-refractivity contribution in [2.75, 3.05) is 11.9 Å². The topological polar surface area (TPSA) is 84.5 Å². The predicted molar refractivity (Wildman–Crippen MR) is 102 cm³/mol. The monoisotopic (exact) mass is 366 g/mol. The third kappa shape index (κ3) is 5.41. The summed E-state index contributed by atoms with van der Waals surface area (Å²) < 4.78 is 5.08. The van der Waals surface area contributed by atoms with Gasteiger partial charge in [-0.1, -0.05) is 23.3 Å². The summed E-state index contributed by atoms with van der Waals surface area (Å²) in [5, 5.41) is 5.54. The second kappa shape index (κ2) is 8.03. The van der Waals surface area contributed by atoms with Crippen molar-refractivity contribution in [1.29, 1.82) is 0 Å². The van der Waals surface area contributed by atoms with Gasteiger partial charge in [0.15, 0.2) is 6.61 Å². The Balaban J connectivity index is 1.54. The van der Waals surface area contributed by atoms with Gasteiger partial charge >= 0.3 is 5.97 Å². The molecule has 2 amide bonds. The fraction of sp³-hybridized carbons (Fsp3) is 0.286. The second-order valence-electron chi connectivity index (χ2n) is 6.83. The summed E-state index contributed by atoms with van der Waals surface area (Å²) in [4.78, 5) is 36.2. The van der Waals surface area contributed by atoms with E-state index in [0.29, 0.717) is 16.8 Å². The summed E-state index contributed by atoms with van der Waals surface area (Å²) in [6.45, 7) is 3.38. The number of anilines is 1. The molecule has 1 saturated carbocycles. The molecular formula is C21H22N2O4. The number of rotatable bonds is 6. The van der Waals surface area contributed by atoms with E-state index in [-0.39, 0.29) is 11.9 Å². The van der Waals surface area contributed by atoms with Gasteiger partial charge in [-0.05, 0) is 57.0 Å². The SMILES string of the molecule is Cc1cc(C)cc(C(=O)OCC(=O)Nc2cccc(C(=O)NC3CC3)c2)c1. The van der Waals surface area contributed by atoms with Crippen LogP contribution < -0.4 is 10.6 Å². The van der Waals surface area contributed by atoms with Crippen molar-refractivity contribution in [3.63, 3.8) is 0 Å². The number of esters is 1. The lowest BCUT2D eigenvalue weighted by Gasteiger charge is -2.09. The van der Waals surface area contributed by atoms with E-state index in [0.717, 1.165) is 24.0 Å². The molecule has 3 rings (SSSR count). The molecule has 2 N–H and O–H groups in total. The molecular weight excluding hydrogens is 344 g/mol. The molecule has 0 bridgehead atoms. The molecule has 0 aliphatic heterocycles. The lowest BCUT2D eigenvalue weighted by Crippen LogP contribution is -2.25. The number of benzene rings is 2. The largest absolute Gasteiger partial charge is 0.452 e. The molecule has 6 nitrogen and oxygen atoms in total. The maximum absolute atomic E-state index is 12.1. The lowest BCUT2D eigenvalue weighted by atomic mass is 10.1. The van der Waals surface area contributed by atoms with Crippen LogP contribution in [0.2, 0.25) is 0 Å². The molecule has 0 aromatic heterocycles. The number of hydrogen-bond donors (Lipinski definition) is 2. The van der Waals surface area contributed by atoms with Crippen molar-refractivity contribution in [3.05, 3.63) is 64.7 Å². The van der Waals surface area contributed by atoms with Gasteiger partial charge < -0.3 is 15.4 Å². The zero-order valence-corrected chi connectivity index (χ0v) is 15.4. The normalized spacial score (nSPS) is 13.0. The Bertz CT molecular complexity index is 867. The summed E-state index contributed by atoms with van der Waals surface area (Å²) in [7, 11) is 0. The molecule has 0 unspecified atom stereocenters.